The molecule has 2 aromatic heterocycles. The average molecular weight is 521 g/mol. The first-order valence-corrected chi connectivity index (χ1v) is 14.5. The van der Waals surface area contributed by atoms with Crippen LogP contribution in [0.1, 0.15) is 49.4 Å². The molecule has 7 rings (SSSR count). The summed E-state index contributed by atoms with van der Waals surface area (Å²) in [6.45, 7) is 7.84. The Bertz CT molecular complexity index is 1740. The summed E-state index contributed by atoms with van der Waals surface area (Å²) in [6.07, 6.45) is 10.4. The fourth-order valence-electron chi connectivity index (χ4n) is 6.55. The largest absolute Gasteiger partial charge is 0.213 e. The highest BCUT2D eigenvalue weighted by molar-refractivity contribution is 5.73. The molecule has 0 N–H and O–H groups in total. The quantitative estimate of drug-likeness (QED) is 0.156. The number of nitrogens with zero attached hydrogens (tertiary/aromatic N) is 2. The number of rotatable bonds is 1. The van der Waals surface area contributed by atoms with Crippen LogP contribution in [-0.4, -0.2) is 0 Å². The lowest BCUT2D eigenvalue weighted by molar-refractivity contribution is -0.733. The molecule has 0 radical (unpaired) electrons. The Morgan fingerprint density at radius 3 is 2.33 bits per heavy atom. The van der Waals surface area contributed by atoms with Crippen LogP contribution in [0.25, 0.3) is 33.6 Å². The first-order chi connectivity index (χ1) is 19.5. The smallest absolute Gasteiger partial charge is 0.197 e. The van der Waals surface area contributed by atoms with Gasteiger partial charge in [-0.3, -0.25) is 0 Å². The molecule has 0 spiro atoms. The van der Waals surface area contributed by atoms with Crippen molar-refractivity contribution >= 4 is 0 Å². The SMILES string of the molecule is CC(C)(C)c1cc[n+]2c(c1)-c1cc(-c3ccccc3)ccc1C/C=C/C1C(C2)c2ccccc2-c2cccc[n+]21. The molecule has 4 heterocycles. The lowest BCUT2D eigenvalue weighted by Crippen LogP contribution is -2.51. The van der Waals surface area contributed by atoms with Gasteiger partial charge in [0.05, 0.1) is 11.1 Å². The molecular weight excluding hydrogens is 484 g/mol. The van der Waals surface area contributed by atoms with Crippen molar-refractivity contribution in [3.63, 3.8) is 0 Å². The van der Waals surface area contributed by atoms with Crippen LogP contribution in [0, 0.1) is 0 Å². The minimum absolute atomic E-state index is 0.0663. The zero-order valence-electron chi connectivity index (χ0n) is 23.6. The van der Waals surface area contributed by atoms with Crippen molar-refractivity contribution in [2.24, 2.45) is 0 Å². The van der Waals surface area contributed by atoms with E-state index < -0.39 is 0 Å². The van der Waals surface area contributed by atoms with E-state index >= 15 is 0 Å². The van der Waals surface area contributed by atoms with Gasteiger partial charge in [0, 0.05) is 24.3 Å². The second-order valence-electron chi connectivity index (χ2n) is 12.3. The normalized spacial score (nSPS) is 18.4. The number of fused-ring (bicyclic) bond motifs is 9. The van der Waals surface area contributed by atoms with Crippen LogP contribution in [0.5, 0.6) is 0 Å². The van der Waals surface area contributed by atoms with Crippen LogP contribution in [0.3, 0.4) is 0 Å². The van der Waals surface area contributed by atoms with E-state index in [1.54, 1.807) is 0 Å². The summed E-state index contributed by atoms with van der Waals surface area (Å²) in [5, 5.41) is 0. The van der Waals surface area contributed by atoms with E-state index in [9.17, 15) is 0 Å². The molecule has 2 aliphatic rings. The second kappa shape index (κ2) is 9.71. The molecule has 2 nitrogen and oxygen atoms in total. The Morgan fingerprint density at radius 1 is 0.675 bits per heavy atom. The summed E-state index contributed by atoms with van der Waals surface area (Å²) in [5.74, 6) is 0.315. The molecule has 40 heavy (non-hydrogen) atoms. The van der Waals surface area contributed by atoms with Crippen LogP contribution in [-0.2, 0) is 18.4 Å². The molecule has 5 aromatic rings. The summed E-state index contributed by atoms with van der Waals surface area (Å²) in [5.41, 5.74) is 12.0. The van der Waals surface area contributed by atoms with E-state index in [0.29, 0.717) is 5.92 Å². The molecule has 2 atom stereocenters. The van der Waals surface area contributed by atoms with Crippen molar-refractivity contribution in [2.45, 2.75) is 51.1 Å². The number of hydrogen-bond donors (Lipinski definition) is 0. The Hall–Kier alpha value is -4.30. The van der Waals surface area contributed by atoms with E-state index in [1.807, 2.05) is 0 Å². The molecule has 196 valence electrons. The summed E-state index contributed by atoms with van der Waals surface area (Å²) in [7, 11) is 0. The third-order valence-corrected chi connectivity index (χ3v) is 8.72. The predicted octanol–water partition coefficient (Wildman–Crippen LogP) is 8.01. The second-order valence-corrected chi connectivity index (χ2v) is 12.3. The first kappa shape index (κ1) is 24.7. The third kappa shape index (κ3) is 4.29. The van der Waals surface area contributed by atoms with E-state index in [0.717, 1.165) is 13.0 Å². The van der Waals surface area contributed by atoms with E-state index in [-0.39, 0.29) is 11.5 Å². The van der Waals surface area contributed by atoms with Gasteiger partial charge in [-0.05, 0) is 63.9 Å². The van der Waals surface area contributed by atoms with Crippen molar-refractivity contribution in [1.82, 2.24) is 0 Å². The predicted molar refractivity (Wildman–Crippen MR) is 163 cm³/mol. The van der Waals surface area contributed by atoms with Gasteiger partial charge in [-0.25, -0.2) is 0 Å². The molecule has 0 fully saturated rings. The van der Waals surface area contributed by atoms with Crippen LogP contribution < -0.4 is 9.13 Å². The molecule has 0 aliphatic carbocycles. The van der Waals surface area contributed by atoms with Gasteiger partial charge in [-0.1, -0.05) is 87.5 Å². The maximum atomic E-state index is 2.52. The van der Waals surface area contributed by atoms with Crippen molar-refractivity contribution in [2.75, 3.05) is 0 Å². The van der Waals surface area contributed by atoms with Gasteiger partial charge in [0.1, 0.15) is 5.92 Å². The van der Waals surface area contributed by atoms with Gasteiger partial charge >= 0.3 is 0 Å². The molecular formula is C38H36N2+2. The summed E-state index contributed by atoms with van der Waals surface area (Å²) < 4.78 is 5.00. The number of benzene rings is 3. The van der Waals surface area contributed by atoms with Crippen LogP contribution >= 0.6 is 0 Å². The van der Waals surface area contributed by atoms with E-state index in [2.05, 4.69) is 158 Å². The van der Waals surface area contributed by atoms with Gasteiger partial charge in [-0.2, -0.15) is 9.13 Å². The van der Waals surface area contributed by atoms with Gasteiger partial charge in [0.2, 0.25) is 11.4 Å². The van der Waals surface area contributed by atoms with Gasteiger partial charge in [0.15, 0.2) is 25.0 Å². The number of allylic oxidation sites excluding steroid dienone is 2. The fourth-order valence-corrected chi connectivity index (χ4v) is 6.55. The summed E-state index contributed by atoms with van der Waals surface area (Å²) in [6, 6.07) is 38.4. The topological polar surface area (TPSA) is 7.76 Å². The van der Waals surface area contributed by atoms with Crippen molar-refractivity contribution in [1.29, 1.82) is 0 Å². The average Bonchev–Trinajstić information content (AvgIpc) is 2.98. The maximum Gasteiger partial charge on any atom is 0.213 e. The maximum absolute atomic E-state index is 2.52. The van der Waals surface area contributed by atoms with Crippen molar-refractivity contribution in [3.05, 3.63) is 144 Å². The molecule has 0 saturated carbocycles. The number of aromatic nitrogens is 2. The molecule has 2 aliphatic heterocycles. The van der Waals surface area contributed by atoms with Gasteiger partial charge in [-0.15, -0.1) is 0 Å². The molecule has 0 bridgehead atoms. The highest BCUT2D eigenvalue weighted by atomic mass is 15.0. The van der Waals surface area contributed by atoms with E-state index in [1.165, 1.54) is 50.3 Å². The first-order valence-electron chi connectivity index (χ1n) is 14.5. The molecule has 2 heteroatoms. The monoisotopic (exact) mass is 520 g/mol. The van der Waals surface area contributed by atoms with Gasteiger partial charge in [0.25, 0.3) is 0 Å². The van der Waals surface area contributed by atoms with E-state index in [4.69, 9.17) is 0 Å². The number of pyridine rings is 2. The number of hydrogen-bond acceptors (Lipinski definition) is 0. The van der Waals surface area contributed by atoms with Crippen LogP contribution in [0.4, 0.5) is 0 Å². The zero-order chi connectivity index (χ0) is 27.3. The summed E-state index contributed by atoms with van der Waals surface area (Å²) in [4.78, 5) is 0. The highest BCUT2D eigenvalue weighted by Crippen LogP contribution is 2.40. The Kier molecular flexibility index (Phi) is 6.00. The Balaban J connectivity index is 1.46. The molecule has 2 unspecified atom stereocenters. The minimum atomic E-state index is 0.0663. The minimum Gasteiger partial charge on any atom is -0.197 e. The summed E-state index contributed by atoms with van der Waals surface area (Å²) >= 11 is 0. The van der Waals surface area contributed by atoms with Crippen LogP contribution in [0.2, 0.25) is 0 Å². The van der Waals surface area contributed by atoms with Gasteiger partial charge < -0.3 is 0 Å². The zero-order valence-corrected chi connectivity index (χ0v) is 23.6. The molecule has 0 amide bonds. The lowest BCUT2D eigenvalue weighted by Gasteiger charge is -2.28. The highest BCUT2D eigenvalue weighted by Gasteiger charge is 2.41. The van der Waals surface area contributed by atoms with Crippen molar-refractivity contribution in [3.8, 4) is 33.6 Å². The van der Waals surface area contributed by atoms with Crippen LogP contribution in [0.15, 0.2) is 128 Å². The lowest BCUT2D eigenvalue weighted by atomic mass is 9.81. The third-order valence-electron chi connectivity index (χ3n) is 8.72. The molecule has 3 aromatic carbocycles. The van der Waals surface area contributed by atoms with Crippen molar-refractivity contribution < 1.29 is 9.13 Å². The fraction of sp³-hybridized carbons (Fsp3) is 0.211. The Morgan fingerprint density at radius 2 is 1.48 bits per heavy atom. The standard InChI is InChI=1S/C38H36N2/c1-38(2,3)30-21-23-39-26-34-31-15-7-8-16-32(31)35-17-9-10-22-40(35)36(34)18-11-14-28-19-20-29(24-33(28)37(39)25-30)27-12-5-4-6-13-27/h4-13,15-25,34,36H,14,26H2,1-3H3/q+2/b18-11+. The molecule has 0 saturated heterocycles. The Labute approximate surface area is 237 Å².